The van der Waals surface area contributed by atoms with Crippen LogP contribution in [0, 0.1) is 18.7 Å². The van der Waals surface area contributed by atoms with Gasteiger partial charge in [-0.2, -0.15) is 0 Å². The SMILES string of the molecule is Cc1cc(F)ccc1C(=O)C(C)CN. The smallest absolute Gasteiger partial charge is 0.167 e. The molecule has 0 fully saturated rings. The Morgan fingerprint density at radius 3 is 2.71 bits per heavy atom. The quantitative estimate of drug-likeness (QED) is 0.749. The predicted octanol–water partition coefficient (Wildman–Crippen LogP) is 1.91. The van der Waals surface area contributed by atoms with E-state index < -0.39 is 0 Å². The second-order valence-corrected chi connectivity index (χ2v) is 3.46. The standard InChI is InChI=1S/C11H14FNO/c1-7-5-9(12)3-4-10(7)11(14)8(2)6-13/h3-5,8H,6,13H2,1-2H3. The Morgan fingerprint density at radius 2 is 2.21 bits per heavy atom. The number of hydrogen-bond donors (Lipinski definition) is 1. The number of carbonyl (C=O) groups excluding carboxylic acids is 1. The molecule has 3 heteroatoms. The largest absolute Gasteiger partial charge is 0.330 e. The van der Waals surface area contributed by atoms with Crippen molar-refractivity contribution in [2.45, 2.75) is 13.8 Å². The number of carbonyl (C=O) groups is 1. The summed E-state index contributed by atoms with van der Waals surface area (Å²) in [6.45, 7) is 3.81. The Hall–Kier alpha value is -1.22. The van der Waals surface area contributed by atoms with E-state index in [4.69, 9.17) is 5.73 Å². The van der Waals surface area contributed by atoms with E-state index >= 15 is 0 Å². The number of Topliss-reactive ketones (excluding diaryl/α,β-unsaturated/α-hetero) is 1. The lowest BCUT2D eigenvalue weighted by Gasteiger charge is -2.09. The molecule has 0 aliphatic rings. The van der Waals surface area contributed by atoms with Gasteiger partial charge in [-0.1, -0.05) is 6.92 Å². The van der Waals surface area contributed by atoms with Crippen molar-refractivity contribution in [2.24, 2.45) is 11.7 Å². The number of nitrogens with two attached hydrogens (primary N) is 1. The van der Waals surface area contributed by atoms with Gasteiger partial charge in [-0.05, 0) is 30.7 Å². The lowest BCUT2D eigenvalue weighted by atomic mass is 9.96. The molecule has 1 unspecified atom stereocenters. The second kappa shape index (κ2) is 4.33. The van der Waals surface area contributed by atoms with Crippen LogP contribution in [0.5, 0.6) is 0 Å². The van der Waals surface area contributed by atoms with E-state index in [-0.39, 0.29) is 17.5 Å². The number of ketones is 1. The van der Waals surface area contributed by atoms with Crippen LogP contribution >= 0.6 is 0 Å². The molecule has 0 amide bonds. The maximum absolute atomic E-state index is 12.8. The molecule has 0 aromatic heterocycles. The van der Waals surface area contributed by atoms with Crippen molar-refractivity contribution < 1.29 is 9.18 Å². The zero-order chi connectivity index (χ0) is 10.7. The van der Waals surface area contributed by atoms with Crippen LogP contribution < -0.4 is 5.73 Å². The summed E-state index contributed by atoms with van der Waals surface area (Å²) in [6.07, 6.45) is 0. The monoisotopic (exact) mass is 195 g/mol. The first-order chi connectivity index (χ1) is 6.56. The first-order valence-electron chi connectivity index (χ1n) is 4.56. The van der Waals surface area contributed by atoms with Gasteiger partial charge in [-0.25, -0.2) is 4.39 Å². The van der Waals surface area contributed by atoms with Crippen molar-refractivity contribution in [3.05, 3.63) is 35.1 Å². The maximum atomic E-state index is 12.8. The van der Waals surface area contributed by atoms with Crippen LogP contribution in [0.25, 0.3) is 0 Å². The highest BCUT2D eigenvalue weighted by molar-refractivity contribution is 5.99. The minimum absolute atomic E-state index is 0.0231. The van der Waals surface area contributed by atoms with Crippen LogP contribution in [0.15, 0.2) is 18.2 Å². The van der Waals surface area contributed by atoms with Gasteiger partial charge >= 0.3 is 0 Å². The summed E-state index contributed by atoms with van der Waals surface area (Å²) in [4.78, 5) is 11.7. The lowest BCUT2D eigenvalue weighted by molar-refractivity contribution is 0.0933. The normalized spacial score (nSPS) is 12.6. The van der Waals surface area contributed by atoms with Gasteiger partial charge in [0.05, 0.1) is 0 Å². The molecule has 0 aliphatic heterocycles. The van der Waals surface area contributed by atoms with Crippen molar-refractivity contribution in [1.82, 2.24) is 0 Å². The summed E-state index contributed by atoms with van der Waals surface area (Å²) >= 11 is 0. The Morgan fingerprint density at radius 1 is 1.57 bits per heavy atom. The number of rotatable bonds is 3. The van der Waals surface area contributed by atoms with Gasteiger partial charge < -0.3 is 5.73 Å². The van der Waals surface area contributed by atoms with Crippen molar-refractivity contribution >= 4 is 5.78 Å². The maximum Gasteiger partial charge on any atom is 0.167 e. The average Bonchev–Trinajstić information content (AvgIpc) is 2.15. The summed E-state index contributed by atoms with van der Waals surface area (Å²) in [6, 6.07) is 4.17. The van der Waals surface area contributed by atoms with Gasteiger partial charge in [0.2, 0.25) is 0 Å². The molecule has 0 heterocycles. The zero-order valence-corrected chi connectivity index (χ0v) is 8.38. The highest BCUT2D eigenvalue weighted by Crippen LogP contribution is 2.14. The summed E-state index contributed by atoms with van der Waals surface area (Å²) in [5.41, 5.74) is 6.62. The minimum Gasteiger partial charge on any atom is -0.330 e. The fraction of sp³-hybridized carbons (Fsp3) is 0.364. The summed E-state index contributed by atoms with van der Waals surface area (Å²) in [5, 5.41) is 0. The minimum atomic E-state index is -0.320. The van der Waals surface area contributed by atoms with Gasteiger partial charge in [0.1, 0.15) is 5.82 Å². The van der Waals surface area contributed by atoms with Crippen LogP contribution in [-0.4, -0.2) is 12.3 Å². The highest BCUT2D eigenvalue weighted by atomic mass is 19.1. The van der Waals surface area contributed by atoms with Gasteiger partial charge in [0.15, 0.2) is 5.78 Å². The van der Waals surface area contributed by atoms with Crippen molar-refractivity contribution in [3.63, 3.8) is 0 Å². The van der Waals surface area contributed by atoms with Crippen LogP contribution in [0.4, 0.5) is 4.39 Å². The van der Waals surface area contributed by atoms with Crippen LogP contribution in [0.2, 0.25) is 0 Å². The second-order valence-electron chi connectivity index (χ2n) is 3.46. The van der Waals surface area contributed by atoms with Gasteiger partial charge in [-0.3, -0.25) is 4.79 Å². The third-order valence-corrected chi connectivity index (χ3v) is 2.26. The van der Waals surface area contributed by atoms with Crippen LogP contribution in [0.3, 0.4) is 0 Å². The molecule has 1 rings (SSSR count). The number of hydrogen-bond acceptors (Lipinski definition) is 2. The van der Waals surface area contributed by atoms with Gasteiger partial charge in [0.25, 0.3) is 0 Å². The number of halogens is 1. The van der Waals surface area contributed by atoms with E-state index in [1.54, 1.807) is 13.8 Å². The van der Waals surface area contributed by atoms with Crippen LogP contribution in [-0.2, 0) is 0 Å². The van der Waals surface area contributed by atoms with Gasteiger partial charge in [-0.15, -0.1) is 0 Å². The molecule has 14 heavy (non-hydrogen) atoms. The van der Waals surface area contributed by atoms with E-state index in [9.17, 15) is 9.18 Å². The molecule has 1 aromatic carbocycles. The van der Waals surface area contributed by atoms with E-state index in [2.05, 4.69) is 0 Å². The molecule has 1 atom stereocenters. The van der Waals surface area contributed by atoms with E-state index in [0.717, 1.165) is 0 Å². The fourth-order valence-corrected chi connectivity index (χ4v) is 1.28. The Kier molecular flexibility index (Phi) is 3.36. The molecular weight excluding hydrogens is 181 g/mol. The number of aryl methyl sites for hydroxylation is 1. The Bertz CT molecular complexity index is 349. The molecule has 0 saturated heterocycles. The zero-order valence-electron chi connectivity index (χ0n) is 8.38. The van der Waals surface area contributed by atoms with Crippen LogP contribution in [0.1, 0.15) is 22.8 Å². The first kappa shape index (κ1) is 10.9. The molecular formula is C11H14FNO. The van der Waals surface area contributed by atoms with Crippen molar-refractivity contribution in [1.29, 1.82) is 0 Å². The third-order valence-electron chi connectivity index (χ3n) is 2.26. The van der Waals surface area contributed by atoms with Gasteiger partial charge in [0, 0.05) is 18.0 Å². The molecule has 0 aliphatic carbocycles. The predicted molar refractivity (Wildman–Crippen MR) is 53.7 cm³/mol. The van der Waals surface area contributed by atoms with E-state index in [1.165, 1.54) is 18.2 Å². The molecule has 0 saturated carbocycles. The highest BCUT2D eigenvalue weighted by Gasteiger charge is 2.15. The number of benzene rings is 1. The molecule has 1 aromatic rings. The van der Waals surface area contributed by atoms with E-state index in [1.807, 2.05) is 0 Å². The third kappa shape index (κ3) is 2.17. The molecule has 76 valence electrons. The summed E-state index contributed by atoms with van der Waals surface area (Å²) in [7, 11) is 0. The Labute approximate surface area is 82.9 Å². The fourth-order valence-electron chi connectivity index (χ4n) is 1.28. The summed E-state index contributed by atoms with van der Waals surface area (Å²) < 4.78 is 12.8. The average molecular weight is 195 g/mol. The molecule has 2 nitrogen and oxygen atoms in total. The molecule has 0 bridgehead atoms. The first-order valence-corrected chi connectivity index (χ1v) is 4.56. The summed E-state index contributed by atoms with van der Waals surface area (Å²) in [5.74, 6) is -0.552. The topological polar surface area (TPSA) is 43.1 Å². The van der Waals surface area contributed by atoms with E-state index in [0.29, 0.717) is 17.7 Å². The molecule has 2 N–H and O–H groups in total. The van der Waals surface area contributed by atoms with Crippen molar-refractivity contribution in [2.75, 3.05) is 6.54 Å². The molecule has 0 spiro atoms. The van der Waals surface area contributed by atoms with Crippen molar-refractivity contribution in [3.8, 4) is 0 Å². The molecule has 0 radical (unpaired) electrons. The Balaban J connectivity index is 3.02. The lowest BCUT2D eigenvalue weighted by Crippen LogP contribution is -2.21.